The first-order valence-electron chi connectivity index (χ1n) is 8.30. The van der Waals surface area contributed by atoms with Gasteiger partial charge in [-0.2, -0.15) is 5.10 Å². The second kappa shape index (κ2) is 6.60. The quantitative estimate of drug-likeness (QED) is 0.829. The summed E-state index contributed by atoms with van der Waals surface area (Å²) in [4.78, 5) is 16.9. The van der Waals surface area contributed by atoms with E-state index in [4.69, 9.17) is 0 Å². The van der Waals surface area contributed by atoms with Crippen LogP contribution in [0.15, 0.2) is 18.5 Å². The number of nitrogens with zero attached hydrogens (tertiary/aromatic N) is 4. The Balaban J connectivity index is 1.61. The van der Waals surface area contributed by atoms with Crippen LogP contribution in [0.3, 0.4) is 0 Å². The van der Waals surface area contributed by atoms with Gasteiger partial charge in [-0.3, -0.25) is 14.4 Å². The van der Waals surface area contributed by atoms with Crippen LogP contribution < -0.4 is 0 Å². The van der Waals surface area contributed by atoms with Gasteiger partial charge in [-0.15, -0.1) is 0 Å². The first-order chi connectivity index (χ1) is 10.3. The van der Waals surface area contributed by atoms with Crippen molar-refractivity contribution >= 4 is 5.91 Å². The molecule has 5 heteroatoms. The highest BCUT2D eigenvalue weighted by Crippen LogP contribution is 2.30. The molecule has 0 radical (unpaired) electrons. The van der Waals surface area contributed by atoms with Gasteiger partial charge in [-0.05, 0) is 38.3 Å². The summed E-state index contributed by atoms with van der Waals surface area (Å²) in [7, 11) is 0. The van der Waals surface area contributed by atoms with Crippen molar-refractivity contribution in [2.75, 3.05) is 19.6 Å². The molecule has 0 aliphatic carbocycles. The smallest absolute Gasteiger partial charge is 0.222 e. The van der Waals surface area contributed by atoms with Crippen molar-refractivity contribution in [1.82, 2.24) is 19.6 Å². The van der Waals surface area contributed by atoms with E-state index in [0.717, 1.165) is 26.2 Å². The van der Waals surface area contributed by atoms with Crippen molar-refractivity contribution in [1.29, 1.82) is 0 Å². The summed E-state index contributed by atoms with van der Waals surface area (Å²) in [5.74, 6) is 0.330. The number of carbonyl (C=O) groups is 1. The van der Waals surface area contributed by atoms with Gasteiger partial charge in [-0.25, -0.2) is 0 Å². The van der Waals surface area contributed by atoms with Crippen LogP contribution in [0.5, 0.6) is 0 Å². The summed E-state index contributed by atoms with van der Waals surface area (Å²) in [5.41, 5.74) is 0. The maximum Gasteiger partial charge on any atom is 0.222 e. The Morgan fingerprint density at radius 2 is 2.00 bits per heavy atom. The number of likely N-dealkylation sites (tertiary alicyclic amines) is 2. The molecule has 1 amide bonds. The predicted octanol–water partition coefficient (Wildman–Crippen LogP) is 1.75. The summed E-state index contributed by atoms with van der Waals surface area (Å²) < 4.78 is 2.00. The Bertz CT molecular complexity index is 459. The molecule has 2 fully saturated rings. The lowest BCUT2D eigenvalue weighted by atomic mass is 10.0. The highest BCUT2D eigenvalue weighted by atomic mass is 16.2. The number of hydrogen-bond donors (Lipinski definition) is 0. The van der Waals surface area contributed by atoms with E-state index in [-0.39, 0.29) is 0 Å². The summed E-state index contributed by atoms with van der Waals surface area (Å²) in [5, 5.41) is 4.28. The third-order valence-corrected chi connectivity index (χ3v) is 4.96. The number of carbonyl (C=O) groups excluding carboxylic acids is 1. The Labute approximate surface area is 126 Å². The largest absolute Gasteiger partial charge is 0.338 e. The molecular formula is C16H26N4O. The average molecular weight is 290 g/mol. The van der Waals surface area contributed by atoms with Crippen molar-refractivity contribution in [3.8, 4) is 0 Å². The maximum absolute atomic E-state index is 12.1. The van der Waals surface area contributed by atoms with Crippen molar-refractivity contribution < 1.29 is 4.79 Å². The molecule has 0 unspecified atom stereocenters. The Kier molecular flexibility index (Phi) is 4.58. The fraction of sp³-hybridized carbons (Fsp3) is 0.750. The lowest BCUT2D eigenvalue weighted by molar-refractivity contribution is -0.132. The molecule has 0 spiro atoms. The van der Waals surface area contributed by atoms with Crippen LogP contribution in [-0.4, -0.2) is 57.2 Å². The van der Waals surface area contributed by atoms with Crippen LogP contribution in [0.4, 0.5) is 0 Å². The lowest BCUT2D eigenvalue weighted by Crippen LogP contribution is -2.48. The van der Waals surface area contributed by atoms with Crippen molar-refractivity contribution in [3.05, 3.63) is 18.5 Å². The molecule has 1 aromatic rings. The van der Waals surface area contributed by atoms with Crippen LogP contribution in [0.25, 0.3) is 0 Å². The van der Waals surface area contributed by atoms with Crippen molar-refractivity contribution in [3.63, 3.8) is 0 Å². The van der Waals surface area contributed by atoms with Crippen LogP contribution in [0, 0.1) is 0 Å². The molecule has 3 heterocycles. The predicted molar refractivity (Wildman–Crippen MR) is 81.8 cm³/mol. The van der Waals surface area contributed by atoms with Gasteiger partial charge in [0, 0.05) is 44.0 Å². The summed E-state index contributed by atoms with van der Waals surface area (Å²) >= 11 is 0. The molecule has 0 N–H and O–H groups in total. The summed E-state index contributed by atoms with van der Waals surface area (Å²) in [6.45, 7) is 6.08. The van der Waals surface area contributed by atoms with Gasteiger partial charge in [0.15, 0.2) is 0 Å². The fourth-order valence-electron chi connectivity index (χ4n) is 3.93. The third-order valence-electron chi connectivity index (χ3n) is 4.96. The highest BCUT2D eigenvalue weighted by Gasteiger charge is 2.38. The monoisotopic (exact) mass is 290 g/mol. The number of aromatic nitrogens is 2. The zero-order valence-corrected chi connectivity index (χ0v) is 12.9. The molecule has 2 saturated heterocycles. The number of amides is 1. The fourth-order valence-corrected chi connectivity index (χ4v) is 3.93. The van der Waals surface area contributed by atoms with Gasteiger partial charge in [-0.1, -0.05) is 6.92 Å². The van der Waals surface area contributed by atoms with Gasteiger partial charge in [0.25, 0.3) is 0 Å². The standard InChI is InChI=1S/C16H26N4O/c1-2-16(21)20-11-4-7-15(20)14-6-3-9-18(14)12-13-19-10-5-8-17-19/h5,8,10,14-15H,2-4,6-7,9,11-13H2,1H3/t14-,15-/m0/s1. The van der Waals surface area contributed by atoms with Crippen molar-refractivity contribution in [2.45, 2.75) is 57.7 Å². The Hall–Kier alpha value is -1.36. The van der Waals surface area contributed by atoms with Crippen LogP contribution in [0.2, 0.25) is 0 Å². The molecule has 2 aliphatic rings. The second-order valence-corrected chi connectivity index (χ2v) is 6.16. The van der Waals surface area contributed by atoms with E-state index in [1.54, 1.807) is 0 Å². The molecule has 21 heavy (non-hydrogen) atoms. The van der Waals surface area contributed by atoms with Gasteiger partial charge in [0.05, 0.1) is 6.54 Å². The minimum Gasteiger partial charge on any atom is -0.338 e. The number of hydrogen-bond acceptors (Lipinski definition) is 3. The first kappa shape index (κ1) is 14.6. The van der Waals surface area contributed by atoms with Crippen LogP contribution in [0.1, 0.15) is 39.0 Å². The molecule has 0 saturated carbocycles. The SMILES string of the molecule is CCC(=O)N1CCC[C@H]1[C@@H]1CCCN1CCn1cccn1. The summed E-state index contributed by atoms with van der Waals surface area (Å²) in [6, 6.07) is 2.97. The average Bonchev–Trinajstić information content (AvgIpc) is 3.22. The Morgan fingerprint density at radius 3 is 2.76 bits per heavy atom. The van der Waals surface area contributed by atoms with Crippen LogP contribution in [-0.2, 0) is 11.3 Å². The normalized spacial score (nSPS) is 26.6. The minimum atomic E-state index is 0.330. The third kappa shape index (κ3) is 3.12. The van der Waals surface area contributed by atoms with E-state index < -0.39 is 0 Å². The number of rotatable bonds is 5. The molecule has 0 aromatic carbocycles. The van der Waals surface area contributed by atoms with Gasteiger partial charge in [0.1, 0.15) is 0 Å². The molecule has 2 atom stereocenters. The van der Waals surface area contributed by atoms with E-state index in [2.05, 4.69) is 14.9 Å². The minimum absolute atomic E-state index is 0.330. The zero-order valence-electron chi connectivity index (χ0n) is 12.9. The van der Waals surface area contributed by atoms with E-state index in [9.17, 15) is 4.79 Å². The van der Waals surface area contributed by atoms with E-state index >= 15 is 0 Å². The van der Waals surface area contributed by atoms with E-state index in [1.807, 2.05) is 30.1 Å². The molecule has 2 aliphatic heterocycles. The maximum atomic E-state index is 12.1. The molecule has 0 bridgehead atoms. The Morgan fingerprint density at radius 1 is 1.19 bits per heavy atom. The van der Waals surface area contributed by atoms with Gasteiger partial charge in [0.2, 0.25) is 5.91 Å². The molecular weight excluding hydrogens is 264 g/mol. The second-order valence-electron chi connectivity index (χ2n) is 6.16. The topological polar surface area (TPSA) is 41.4 Å². The van der Waals surface area contributed by atoms with E-state index in [1.165, 1.54) is 25.7 Å². The van der Waals surface area contributed by atoms with Crippen molar-refractivity contribution in [2.24, 2.45) is 0 Å². The van der Waals surface area contributed by atoms with Crippen LogP contribution >= 0.6 is 0 Å². The first-order valence-corrected chi connectivity index (χ1v) is 8.30. The highest BCUT2D eigenvalue weighted by molar-refractivity contribution is 5.76. The van der Waals surface area contributed by atoms with Gasteiger partial charge >= 0.3 is 0 Å². The summed E-state index contributed by atoms with van der Waals surface area (Å²) in [6.07, 6.45) is 9.32. The molecule has 3 rings (SSSR count). The molecule has 5 nitrogen and oxygen atoms in total. The molecule has 1 aromatic heterocycles. The van der Waals surface area contributed by atoms with E-state index in [0.29, 0.717) is 24.4 Å². The molecule has 116 valence electrons. The zero-order chi connectivity index (χ0) is 14.7. The lowest BCUT2D eigenvalue weighted by Gasteiger charge is -2.35. The van der Waals surface area contributed by atoms with Gasteiger partial charge < -0.3 is 4.90 Å².